The summed E-state index contributed by atoms with van der Waals surface area (Å²) in [5.74, 6) is 0.0800. The molecule has 16 heavy (non-hydrogen) atoms. The van der Waals surface area contributed by atoms with Crippen LogP contribution in [0.15, 0.2) is 0 Å². The first-order valence-electron chi connectivity index (χ1n) is 6.64. The van der Waals surface area contributed by atoms with Gasteiger partial charge in [-0.15, -0.1) is 0 Å². The second-order valence-corrected chi connectivity index (χ2v) is 4.37. The smallest absolute Gasteiger partial charge is 0.220 e. The largest absolute Gasteiger partial charge is 0.394 e. The summed E-state index contributed by atoms with van der Waals surface area (Å²) in [6, 6.07) is -0.0624. The summed E-state index contributed by atoms with van der Waals surface area (Å²) in [5.41, 5.74) is 0. The molecule has 96 valence electrons. The van der Waals surface area contributed by atoms with Crippen molar-refractivity contribution in [2.75, 3.05) is 6.61 Å². The molecule has 0 heterocycles. The van der Waals surface area contributed by atoms with E-state index in [9.17, 15) is 4.79 Å². The van der Waals surface area contributed by atoms with Gasteiger partial charge >= 0.3 is 0 Å². The molecule has 0 bridgehead atoms. The second kappa shape index (κ2) is 10.9. The van der Waals surface area contributed by atoms with Crippen LogP contribution in [-0.2, 0) is 4.79 Å². The van der Waals surface area contributed by atoms with E-state index >= 15 is 0 Å². The Morgan fingerprint density at radius 2 is 1.75 bits per heavy atom. The number of unbranched alkanes of at least 4 members (excludes halogenated alkanes) is 5. The van der Waals surface area contributed by atoms with Gasteiger partial charge in [-0.3, -0.25) is 4.79 Å². The van der Waals surface area contributed by atoms with Crippen molar-refractivity contribution in [2.45, 2.75) is 71.3 Å². The zero-order chi connectivity index (χ0) is 12.2. The molecular weight excluding hydrogens is 202 g/mol. The van der Waals surface area contributed by atoms with Gasteiger partial charge in [0, 0.05) is 6.42 Å². The predicted molar refractivity (Wildman–Crippen MR) is 67.3 cm³/mol. The second-order valence-electron chi connectivity index (χ2n) is 4.37. The minimum absolute atomic E-state index is 0.0404. The number of hydrogen-bond donors (Lipinski definition) is 2. The quantitative estimate of drug-likeness (QED) is 0.566. The zero-order valence-corrected chi connectivity index (χ0v) is 10.8. The highest BCUT2D eigenvalue weighted by Gasteiger charge is 2.08. The van der Waals surface area contributed by atoms with Gasteiger partial charge in [0.2, 0.25) is 5.91 Å². The van der Waals surface area contributed by atoms with Crippen LogP contribution in [0.25, 0.3) is 0 Å². The fraction of sp³-hybridized carbons (Fsp3) is 0.923. The van der Waals surface area contributed by atoms with Crippen LogP contribution in [0.1, 0.15) is 65.2 Å². The molecule has 0 aliphatic carbocycles. The molecule has 0 aliphatic rings. The van der Waals surface area contributed by atoms with Crippen molar-refractivity contribution in [1.29, 1.82) is 0 Å². The van der Waals surface area contributed by atoms with E-state index in [0.29, 0.717) is 6.42 Å². The molecule has 0 aromatic rings. The van der Waals surface area contributed by atoms with Crippen molar-refractivity contribution < 1.29 is 9.90 Å². The van der Waals surface area contributed by atoms with E-state index < -0.39 is 0 Å². The minimum atomic E-state index is -0.0624. The Bertz CT molecular complexity index is 167. The van der Waals surface area contributed by atoms with E-state index in [1.54, 1.807) is 0 Å². The first kappa shape index (κ1) is 15.4. The van der Waals surface area contributed by atoms with Gasteiger partial charge in [0.25, 0.3) is 0 Å². The number of amides is 1. The Labute approximate surface area is 99.6 Å². The third-order valence-electron chi connectivity index (χ3n) is 2.84. The maximum atomic E-state index is 11.4. The van der Waals surface area contributed by atoms with Gasteiger partial charge in [0.15, 0.2) is 0 Å². The number of hydrogen-bond acceptors (Lipinski definition) is 2. The van der Waals surface area contributed by atoms with Crippen LogP contribution in [0.5, 0.6) is 0 Å². The van der Waals surface area contributed by atoms with E-state index in [0.717, 1.165) is 19.3 Å². The fourth-order valence-electron chi connectivity index (χ4n) is 1.64. The Hall–Kier alpha value is -0.570. The summed E-state index contributed by atoms with van der Waals surface area (Å²) in [4.78, 5) is 11.4. The molecule has 2 N–H and O–H groups in total. The van der Waals surface area contributed by atoms with Crippen molar-refractivity contribution in [3.8, 4) is 0 Å². The standard InChI is InChI=1S/C13H27NO2/c1-3-5-6-7-8-9-10-13(16)14-12(4-2)11-15/h12,15H,3-11H2,1-2H3,(H,14,16)/t12-/m0/s1. The van der Waals surface area contributed by atoms with E-state index in [4.69, 9.17) is 5.11 Å². The molecule has 0 radical (unpaired) electrons. The molecule has 0 unspecified atom stereocenters. The molecule has 0 spiro atoms. The number of aliphatic hydroxyl groups excluding tert-OH is 1. The Morgan fingerprint density at radius 1 is 1.12 bits per heavy atom. The Morgan fingerprint density at radius 3 is 2.31 bits per heavy atom. The molecule has 3 nitrogen and oxygen atoms in total. The van der Waals surface area contributed by atoms with Crippen LogP contribution >= 0.6 is 0 Å². The first-order valence-corrected chi connectivity index (χ1v) is 6.64. The highest BCUT2D eigenvalue weighted by Crippen LogP contribution is 2.06. The molecule has 0 saturated heterocycles. The number of rotatable bonds is 10. The topological polar surface area (TPSA) is 49.3 Å². The monoisotopic (exact) mass is 229 g/mol. The first-order chi connectivity index (χ1) is 7.74. The Balaban J connectivity index is 3.36. The number of nitrogens with one attached hydrogen (secondary N) is 1. The van der Waals surface area contributed by atoms with Crippen LogP contribution in [0.4, 0.5) is 0 Å². The predicted octanol–water partition coefficient (Wildman–Crippen LogP) is 2.62. The van der Waals surface area contributed by atoms with Crippen LogP contribution in [-0.4, -0.2) is 23.7 Å². The maximum Gasteiger partial charge on any atom is 0.220 e. The lowest BCUT2D eigenvalue weighted by atomic mass is 10.1. The fourth-order valence-corrected chi connectivity index (χ4v) is 1.64. The van der Waals surface area contributed by atoms with Crippen LogP contribution in [0, 0.1) is 0 Å². The zero-order valence-electron chi connectivity index (χ0n) is 10.8. The van der Waals surface area contributed by atoms with E-state index in [-0.39, 0.29) is 18.6 Å². The normalized spacial score (nSPS) is 12.4. The van der Waals surface area contributed by atoms with E-state index in [1.165, 1.54) is 25.7 Å². The van der Waals surface area contributed by atoms with Crippen molar-refractivity contribution in [3.63, 3.8) is 0 Å². The molecule has 0 rings (SSSR count). The van der Waals surface area contributed by atoms with Crippen molar-refractivity contribution >= 4 is 5.91 Å². The lowest BCUT2D eigenvalue weighted by Gasteiger charge is -2.13. The molecule has 1 atom stereocenters. The van der Waals surface area contributed by atoms with Gasteiger partial charge in [-0.05, 0) is 12.8 Å². The van der Waals surface area contributed by atoms with Crippen LogP contribution in [0.3, 0.4) is 0 Å². The summed E-state index contributed by atoms with van der Waals surface area (Å²) in [5, 5.41) is 11.8. The van der Waals surface area contributed by atoms with Crippen molar-refractivity contribution in [3.05, 3.63) is 0 Å². The molecule has 0 aromatic carbocycles. The summed E-state index contributed by atoms with van der Waals surface area (Å²) < 4.78 is 0. The van der Waals surface area contributed by atoms with Crippen molar-refractivity contribution in [2.24, 2.45) is 0 Å². The lowest BCUT2D eigenvalue weighted by molar-refractivity contribution is -0.122. The SMILES string of the molecule is CCCCCCCCC(=O)N[C@@H](CC)CO. The average Bonchev–Trinajstić information content (AvgIpc) is 2.30. The molecule has 0 aromatic heterocycles. The molecule has 0 fully saturated rings. The van der Waals surface area contributed by atoms with Gasteiger partial charge in [-0.2, -0.15) is 0 Å². The molecule has 0 aliphatic heterocycles. The molecular formula is C13H27NO2. The average molecular weight is 229 g/mol. The summed E-state index contributed by atoms with van der Waals surface area (Å²) in [6.07, 6.45) is 8.58. The molecule has 3 heteroatoms. The Kier molecular flexibility index (Phi) is 10.5. The number of carbonyl (C=O) groups is 1. The third-order valence-corrected chi connectivity index (χ3v) is 2.84. The van der Waals surface area contributed by atoms with Gasteiger partial charge in [0.05, 0.1) is 12.6 Å². The lowest BCUT2D eigenvalue weighted by Crippen LogP contribution is -2.36. The minimum Gasteiger partial charge on any atom is -0.394 e. The third kappa shape index (κ3) is 8.72. The van der Waals surface area contributed by atoms with Crippen LogP contribution < -0.4 is 5.32 Å². The van der Waals surface area contributed by atoms with Crippen LogP contribution in [0.2, 0.25) is 0 Å². The maximum absolute atomic E-state index is 11.4. The highest BCUT2D eigenvalue weighted by atomic mass is 16.3. The molecule has 1 amide bonds. The van der Waals surface area contributed by atoms with E-state index in [2.05, 4.69) is 12.2 Å². The number of aliphatic hydroxyl groups is 1. The van der Waals surface area contributed by atoms with Gasteiger partial charge in [0.1, 0.15) is 0 Å². The van der Waals surface area contributed by atoms with Gasteiger partial charge < -0.3 is 10.4 Å². The number of carbonyl (C=O) groups excluding carboxylic acids is 1. The van der Waals surface area contributed by atoms with Gasteiger partial charge in [-0.25, -0.2) is 0 Å². The summed E-state index contributed by atoms with van der Waals surface area (Å²) in [6.45, 7) is 4.21. The molecule has 0 saturated carbocycles. The summed E-state index contributed by atoms with van der Waals surface area (Å²) >= 11 is 0. The van der Waals surface area contributed by atoms with Crippen molar-refractivity contribution in [1.82, 2.24) is 5.32 Å². The summed E-state index contributed by atoms with van der Waals surface area (Å²) in [7, 11) is 0. The van der Waals surface area contributed by atoms with E-state index in [1.807, 2.05) is 6.92 Å². The highest BCUT2D eigenvalue weighted by molar-refractivity contribution is 5.76. The van der Waals surface area contributed by atoms with Gasteiger partial charge in [-0.1, -0.05) is 46.0 Å².